The average molecular weight is 187 g/mol. The van der Waals surface area contributed by atoms with E-state index in [0.717, 1.165) is 12.0 Å². The molecule has 72 valence electrons. The fourth-order valence-corrected chi connectivity index (χ4v) is 1.28. The van der Waals surface area contributed by atoms with Crippen molar-refractivity contribution in [2.75, 3.05) is 6.54 Å². The van der Waals surface area contributed by atoms with Gasteiger partial charge in [-0.25, -0.2) is 9.79 Å². The number of carbonyl (C=O) groups excluding carboxylic acids is 1. The Morgan fingerprint density at radius 1 is 1.50 bits per heavy atom. The normalized spacial score (nSPS) is 9.21. The lowest BCUT2D eigenvalue weighted by Gasteiger charge is -2.05. The van der Waals surface area contributed by atoms with E-state index < -0.39 is 0 Å². The lowest BCUT2D eigenvalue weighted by atomic mass is 10.0. The van der Waals surface area contributed by atoms with Crippen molar-refractivity contribution in [1.29, 1.82) is 0 Å². The van der Waals surface area contributed by atoms with Crippen molar-refractivity contribution < 1.29 is 4.79 Å². The molecular weight excluding hydrogens is 174 g/mol. The summed E-state index contributed by atoms with van der Waals surface area (Å²) in [5.41, 5.74) is 3.41. The van der Waals surface area contributed by atoms with Crippen LogP contribution in [0.5, 0.6) is 0 Å². The quantitative estimate of drug-likeness (QED) is 0.404. The molecule has 0 aromatic heterocycles. The maximum absolute atomic E-state index is 9.90. The zero-order valence-electron chi connectivity index (χ0n) is 8.29. The Bertz CT molecular complexity index is 376. The van der Waals surface area contributed by atoms with Gasteiger partial charge in [0.25, 0.3) is 0 Å². The summed E-state index contributed by atoms with van der Waals surface area (Å²) in [7, 11) is 0. The number of aryl methyl sites for hydroxylation is 1. The third-order valence-electron chi connectivity index (χ3n) is 2.07. The molecule has 0 aliphatic carbocycles. The second-order valence-electron chi connectivity index (χ2n) is 3.26. The Balaban J connectivity index is 2.65. The van der Waals surface area contributed by atoms with Crippen LogP contribution in [0.15, 0.2) is 41.4 Å². The van der Waals surface area contributed by atoms with E-state index in [4.69, 9.17) is 0 Å². The lowest BCUT2D eigenvalue weighted by Crippen LogP contribution is -1.95. The van der Waals surface area contributed by atoms with Crippen LogP contribution in [0.3, 0.4) is 0 Å². The molecule has 1 aromatic rings. The van der Waals surface area contributed by atoms with Gasteiger partial charge in [-0.1, -0.05) is 36.4 Å². The molecule has 1 aromatic carbocycles. The molecule has 0 saturated heterocycles. The molecule has 0 spiro atoms. The maximum atomic E-state index is 9.90. The molecule has 0 atom stereocenters. The number of nitrogens with zero attached hydrogens (tertiary/aromatic N) is 1. The zero-order valence-corrected chi connectivity index (χ0v) is 8.29. The second-order valence-corrected chi connectivity index (χ2v) is 3.26. The van der Waals surface area contributed by atoms with Gasteiger partial charge in [-0.15, -0.1) is 0 Å². The van der Waals surface area contributed by atoms with Crippen LogP contribution >= 0.6 is 0 Å². The van der Waals surface area contributed by atoms with Crippen molar-refractivity contribution >= 4 is 6.08 Å². The number of hydrogen-bond donors (Lipinski definition) is 0. The minimum absolute atomic E-state index is 0.373. The van der Waals surface area contributed by atoms with Crippen molar-refractivity contribution in [1.82, 2.24) is 0 Å². The third-order valence-corrected chi connectivity index (χ3v) is 2.07. The SMILES string of the molecule is C=C(CN=C=O)Cc1ccccc1C. The van der Waals surface area contributed by atoms with Gasteiger partial charge in [-0.2, -0.15) is 0 Å². The van der Waals surface area contributed by atoms with Crippen LogP contribution in [-0.4, -0.2) is 12.6 Å². The Morgan fingerprint density at radius 3 is 2.86 bits per heavy atom. The van der Waals surface area contributed by atoms with E-state index in [2.05, 4.69) is 30.6 Å². The van der Waals surface area contributed by atoms with Gasteiger partial charge in [0.1, 0.15) is 0 Å². The predicted molar refractivity (Wildman–Crippen MR) is 57.0 cm³/mol. The molecule has 2 heteroatoms. The molecule has 0 aliphatic rings. The van der Waals surface area contributed by atoms with E-state index in [1.54, 1.807) is 0 Å². The molecule has 0 fully saturated rings. The highest BCUT2D eigenvalue weighted by Crippen LogP contribution is 2.11. The van der Waals surface area contributed by atoms with Crippen molar-refractivity contribution in [3.8, 4) is 0 Å². The largest absolute Gasteiger partial charge is 0.235 e. The number of rotatable bonds is 4. The van der Waals surface area contributed by atoms with Crippen molar-refractivity contribution in [2.24, 2.45) is 4.99 Å². The van der Waals surface area contributed by atoms with Crippen molar-refractivity contribution in [3.63, 3.8) is 0 Å². The molecule has 0 saturated carbocycles. The van der Waals surface area contributed by atoms with Crippen LogP contribution in [0.2, 0.25) is 0 Å². The first-order valence-electron chi connectivity index (χ1n) is 4.49. The monoisotopic (exact) mass is 187 g/mol. The smallest absolute Gasteiger partial charge is 0.211 e. The first-order chi connectivity index (χ1) is 6.74. The molecular formula is C12H13NO. The average Bonchev–Trinajstić information content (AvgIpc) is 2.18. The fourth-order valence-electron chi connectivity index (χ4n) is 1.28. The number of aliphatic imine (C=N–C) groups is 1. The highest BCUT2D eigenvalue weighted by Gasteiger charge is 1.99. The highest BCUT2D eigenvalue weighted by atomic mass is 16.1. The summed E-state index contributed by atoms with van der Waals surface area (Å²) in [6, 6.07) is 8.13. The van der Waals surface area contributed by atoms with Crippen LogP contribution in [0, 0.1) is 6.92 Å². The van der Waals surface area contributed by atoms with E-state index in [-0.39, 0.29) is 0 Å². The van der Waals surface area contributed by atoms with Crippen molar-refractivity contribution in [2.45, 2.75) is 13.3 Å². The van der Waals surface area contributed by atoms with Gasteiger partial charge in [0.2, 0.25) is 6.08 Å². The van der Waals surface area contributed by atoms with Gasteiger partial charge in [0, 0.05) is 0 Å². The summed E-state index contributed by atoms with van der Waals surface area (Å²) in [6.45, 7) is 6.29. The van der Waals surface area contributed by atoms with Gasteiger partial charge in [0.05, 0.1) is 6.54 Å². The van der Waals surface area contributed by atoms with E-state index in [1.807, 2.05) is 12.1 Å². The number of benzene rings is 1. The predicted octanol–water partition coefficient (Wildman–Crippen LogP) is 2.43. The van der Waals surface area contributed by atoms with Crippen LogP contribution in [-0.2, 0) is 11.2 Å². The molecule has 2 nitrogen and oxygen atoms in total. The third kappa shape index (κ3) is 3.00. The molecule has 0 bridgehead atoms. The topological polar surface area (TPSA) is 29.4 Å². The summed E-state index contributed by atoms with van der Waals surface area (Å²) in [5, 5.41) is 0. The summed E-state index contributed by atoms with van der Waals surface area (Å²) >= 11 is 0. The van der Waals surface area contributed by atoms with Crippen LogP contribution in [0.4, 0.5) is 0 Å². The second kappa shape index (κ2) is 5.15. The summed E-state index contributed by atoms with van der Waals surface area (Å²) in [4.78, 5) is 13.4. The highest BCUT2D eigenvalue weighted by molar-refractivity contribution is 5.35. The van der Waals surface area contributed by atoms with Crippen LogP contribution in [0.25, 0.3) is 0 Å². The molecule has 0 aliphatic heterocycles. The molecule has 0 heterocycles. The van der Waals surface area contributed by atoms with E-state index >= 15 is 0 Å². The maximum Gasteiger partial charge on any atom is 0.235 e. The Kier molecular flexibility index (Phi) is 3.84. The Hall–Kier alpha value is -1.66. The van der Waals surface area contributed by atoms with Gasteiger partial charge < -0.3 is 0 Å². The molecule has 14 heavy (non-hydrogen) atoms. The Labute approximate surface area is 84.0 Å². The Morgan fingerprint density at radius 2 is 2.21 bits per heavy atom. The molecule has 0 amide bonds. The molecule has 1 rings (SSSR count). The van der Waals surface area contributed by atoms with Gasteiger partial charge in [0.15, 0.2) is 0 Å². The van der Waals surface area contributed by atoms with Gasteiger partial charge >= 0.3 is 0 Å². The summed E-state index contributed by atoms with van der Waals surface area (Å²) in [6.07, 6.45) is 2.29. The first kappa shape index (κ1) is 10.4. The van der Waals surface area contributed by atoms with Crippen LogP contribution in [0.1, 0.15) is 11.1 Å². The lowest BCUT2D eigenvalue weighted by molar-refractivity contribution is 0.563. The zero-order chi connectivity index (χ0) is 10.4. The van der Waals surface area contributed by atoms with Gasteiger partial charge in [-0.05, 0) is 24.5 Å². The number of isocyanates is 1. The van der Waals surface area contributed by atoms with E-state index in [9.17, 15) is 4.79 Å². The fraction of sp³-hybridized carbons (Fsp3) is 0.250. The molecule has 0 N–H and O–H groups in total. The van der Waals surface area contributed by atoms with Crippen molar-refractivity contribution in [3.05, 3.63) is 47.5 Å². The molecule has 0 unspecified atom stereocenters. The minimum atomic E-state index is 0.373. The molecule has 0 radical (unpaired) electrons. The summed E-state index contributed by atoms with van der Waals surface area (Å²) < 4.78 is 0. The van der Waals surface area contributed by atoms with E-state index in [0.29, 0.717) is 6.54 Å². The van der Waals surface area contributed by atoms with E-state index in [1.165, 1.54) is 17.2 Å². The first-order valence-corrected chi connectivity index (χ1v) is 4.49. The minimum Gasteiger partial charge on any atom is -0.211 e. The summed E-state index contributed by atoms with van der Waals surface area (Å²) in [5.74, 6) is 0. The van der Waals surface area contributed by atoms with Gasteiger partial charge in [-0.3, -0.25) is 0 Å². The number of hydrogen-bond acceptors (Lipinski definition) is 2. The standard InChI is InChI=1S/C12H13NO/c1-10(8-13-9-14)7-12-6-4-3-5-11(12)2/h3-6H,1,7-8H2,2H3. The van der Waals surface area contributed by atoms with Crippen LogP contribution < -0.4 is 0 Å².